The van der Waals surface area contributed by atoms with Gasteiger partial charge in [0.1, 0.15) is 18.1 Å². The van der Waals surface area contributed by atoms with Crippen LogP contribution in [0.5, 0.6) is 23.0 Å². The number of non-ortho nitro benzene ring substituents is 1. The van der Waals surface area contributed by atoms with Crippen molar-refractivity contribution in [2.75, 3.05) is 14.2 Å². The lowest BCUT2D eigenvalue weighted by Gasteiger charge is -2.38. The number of hydrogen-bond acceptors (Lipinski definition) is 8. The molecule has 0 saturated heterocycles. The highest BCUT2D eigenvalue weighted by molar-refractivity contribution is 6.30. The van der Waals surface area contributed by atoms with Gasteiger partial charge in [-0.15, -0.1) is 0 Å². The number of nitro groups is 1. The molecule has 2 heterocycles. The van der Waals surface area contributed by atoms with Crippen LogP contribution >= 0.6 is 11.6 Å². The SMILES string of the molecule is COc1ccc(C2=NN3C(C2)c2cc([N+](=O)[O-])ccc2OC3c2ccc(OCc3ccc(Cl)cc3)cc2)cc1OC. The van der Waals surface area contributed by atoms with E-state index in [9.17, 15) is 10.1 Å². The summed E-state index contributed by atoms with van der Waals surface area (Å²) in [5, 5.41) is 19.1. The quantitative estimate of drug-likeness (QED) is 0.165. The fourth-order valence-electron chi connectivity index (χ4n) is 5.07. The normalized spacial score (nSPS) is 17.1. The van der Waals surface area contributed by atoms with Crippen molar-refractivity contribution in [3.63, 3.8) is 0 Å². The van der Waals surface area contributed by atoms with E-state index in [1.165, 1.54) is 6.07 Å². The van der Waals surface area contributed by atoms with E-state index in [2.05, 4.69) is 0 Å². The molecule has 2 atom stereocenters. The lowest BCUT2D eigenvalue weighted by atomic mass is 9.95. The van der Waals surface area contributed by atoms with Crippen molar-refractivity contribution >= 4 is 23.0 Å². The van der Waals surface area contributed by atoms with E-state index in [1.54, 1.807) is 26.4 Å². The molecule has 10 heteroatoms. The molecule has 0 spiro atoms. The zero-order chi connectivity index (χ0) is 28.5. The Bertz CT molecular complexity index is 1620. The van der Waals surface area contributed by atoms with E-state index in [4.69, 9.17) is 35.6 Å². The minimum absolute atomic E-state index is 0.00695. The Morgan fingerprint density at radius 1 is 0.976 bits per heavy atom. The minimum atomic E-state index is -0.545. The van der Waals surface area contributed by atoms with Gasteiger partial charge < -0.3 is 18.9 Å². The van der Waals surface area contributed by atoms with Crippen molar-refractivity contribution in [1.82, 2.24) is 5.01 Å². The zero-order valence-corrected chi connectivity index (χ0v) is 23.1. The van der Waals surface area contributed by atoms with E-state index in [-0.39, 0.29) is 11.7 Å². The summed E-state index contributed by atoms with van der Waals surface area (Å²) in [6, 6.07) is 25.3. The molecule has 0 bridgehead atoms. The van der Waals surface area contributed by atoms with Gasteiger partial charge in [0, 0.05) is 40.3 Å². The summed E-state index contributed by atoms with van der Waals surface area (Å²) >= 11 is 5.97. The molecule has 0 saturated carbocycles. The molecule has 6 rings (SSSR count). The molecule has 9 nitrogen and oxygen atoms in total. The number of nitrogens with zero attached hydrogens (tertiary/aromatic N) is 3. The number of rotatable bonds is 8. The van der Waals surface area contributed by atoms with E-state index >= 15 is 0 Å². The van der Waals surface area contributed by atoms with Crippen LogP contribution in [0.4, 0.5) is 5.69 Å². The van der Waals surface area contributed by atoms with Gasteiger partial charge in [0.25, 0.3) is 5.69 Å². The summed E-state index contributed by atoms with van der Waals surface area (Å²) in [7, 11) is 3.17. The van der Waals surface area contributed by atoms with Gasteiger partial charge in [-0.05, 0) is 66.2 Å². The maximum absolute atomic E-state index is 11.6. The topological polar surface area (TPSA) is 95.7 Å². The molecule has 2 unspecified atom stereocenters. The van der Waals surface area contributed by atoms with Crippen LogP contribution in [0.1, 0.15) is 40.9 Å². The van der Waals surface area contributed by atoms with Crippen molar-refractivity contribution in [3.05, 3.63) is 122 Å². The van der Waals surface area contributed by atoms with Crippen molar-refractivity contribution in [1.29, 1.82) is 0 Å². The van der Waals surface area contributed by atoms with Crippen molar-refractivity contribution in [3.8, 4) is 23.0 Å². The second kappa shape index (κ2) is 11.0. The second-order valence-corrected chi connectivity index (χ2v) is 10.1. The predicted molar refractivity (Wildman–Crippen MR) is 154 cm³/mol. The fourth-order valence-corrected chi connectivity index (χ4v) is 5.20. The average Bonchev–Trinajstić information content (AvgIpc) is 3.46. The van der Waals surface area contributed by atoms with E-state index in [1.807, 2.05) is 71.7 Å². The first-order valence-corrected chi connectivity index (χ1v) is 13.3. The van der Waals surface area contributed by atoms with Gasteiger partial charge in [-0.25, -0.2) is 5.01 Å². The highest BCUT2D eigenvalue weighted by atomic mass is 35.5. The third kappa shape index (κ3) is 5.24. The number of hydrazone groups is 1. The third-order valence-corrected chi connectivity index (χ3v) is 7.44. The predicted octanol–water partition coefficient (Wildman–Crippen LogP) is 7.09. The molecule has 0 aliphatic carbocycles. The second-order valence-electron chi connectivity index (χ2n) is 9.65. The van der Waals surface area contributed by atoms with Gasteiger partial charge in [-0.2, -0.15) is 5.10 Å². The Morgan fingerprint density at radius 3 is 2.44 bits per heavy atom. The van der Waals surface area contributed by atoms with Crippen LogP contribution < -0.4 is 18.9 Å². The monoisotopic (exact) mass is 571 g/mol. The molecule has 2 aliphatic rings. The Kier molecular flexibility index (Phi) is 7.11. The van der Waals surface area contributed by atoms with E-state index in [0.717, 1.165) is 28.0 Å². The standard InChI is InChI=1S/C31H26ClN3O6/c1-38-29-13-7-21(15-30(29)39-2)26-17-27-25-16-23(35(36)37)10-14-28(25)41-31(34(27)33-26)20-5-11-24(12-6-20)40-18-19-3-8-22(32)9-4-19/h3-16,27,31H,17-18H2,1-2H3. The lowest BCUT2D eigenvalue weighted by molar-refractivity contribution is -0.385. The Morgan fingerprint density at radius 2 is 1.73 bits per heavy atom. The smallest absolute Gasteiger partial charge is 0.270 e. The molecule has 0 aromatic heterocycles. The average molecular weight is 572 g/mol. The minimum Gasteiger partial charge on any atom is -0.493 e. The van der Waals surface area contributed by atoms with E-state index < -0.39 is 11.2 Å². The molecule has 208 valence electrons. The van der Waals surface area contributed by atoms with Crippen LogP contribution in [0.3, 0.4) is 0 Å². The highest BCUT2D eigenvalue weighted by Gasteiger charge is 2.42. The van der Waals surface area contributed by atoms with Crippen LogP contribution in [-0.4, -0.2) is 29.9 Å². The number of hydrogen-bond donors (Lipinski definition) is 0. The van der Waals surface area contributed by atoms with Crippen molar-refractivity contribution in [2.45, 2.75) is 25.3 Å². The van der Waals surface area contributed by atoms with E-state index in [0.29, 0.717) is 41.0 Å². The first-order chi connectivity index (χ1) is 19.9. The van der Waals surface area contributed by atoms with Crippen LogP contribution in [0.15, 0.2) is 90.0 Å². The maximum Gasteiger partial charge on any atom is 0.270 e. The molecule has 0 fully saturated rings. The molecule has 2 aliphatic heterocycles. The number of ether oxygens (including phenoxy) is 4. The van der Waals surface area contributed by atoms with Gasteiger partial charge >= 0.3 is 0 Å². The number of benzene rings is 4. The van der Waals surface area contributed by atoms with Crippen LogP contribution in [0, 0.1) is 10.1 Å². The molecule has 0 N–H and O–H groups in total. The van der Waals surface area contributed by atoms with Crippen molar-refractivity contribution in [2.24, 2.45) is 5.10 Å². The van der Waals surface area contributed by atoms with Gasteiger partial charge in [0.05, 0.1) is 30.9 Å². The number of fused-ring (bicyclic) bond motifs is 3. The maximum atomic E-state index is 11.6. The summed E-state index contributed by atoms with van der Waals surface area (Å²) in [5.41, 5.74) is 4.29. The summed E-state index contributed by atoms with van der Waals surface area (Å²) in [6.45, 7) is 0.412. The highest BCUT2D eigenvalue weighted by Crippen LogP contribution is 2.49. The molecule has 0 amide bonds. The van der Waals surface area contributed by atoms with Crippen LogP contribution in [-0.2, 0) is 6.61 Å². The van der Waals surface area contributed by atoms with Gasteiger partial charge in [0.15, 0.2) is 11.5 Å². The zero-order valence-electron chi connectivity index (χ0n) is 22.3. The Labute approximate surface area is 241 Å². The number of nitro benzene ring substituents is 1. The molecule has 41 heavy (non-hydrogen) atoms. The molecular formula is C31H26ClN3O6. The fraction of sp³-hybridized carbons (Fsp3) is 0.194. The van der Waals surface area contributed by atoms with Gasteiger partial charge in [-0.1, -0.05) is 23.7 Å². The Hall–Kier alpha value is -4.76. The first kappa shape index (κ1) is 26.5. The number of methoxy groups -OCH3 is 2. The molecule has 4 aromatic rings. The third-order valence-electron chi connectivity index (χ3n) is 7.19. The van der Waals surface area contributed by atoms with Crippen LogP contribution in [0.25, 0.3) is 0 Å². The molecule has 0 radical (unpaired) electrons. The van der Waals surface area contributed by atoms with Crippen molar-refractivity contribution < 1.29 is 23.9 Å². The molecule has 4 aromatic carbocycles. The lowest BCUT2D eigenvalue weighted by Crippen LogP contribution is -2.33. The van der Waals surface area contributed by atoms with Crippen LogP contribution in [0.2, 0.25) is 5.02 Å². The van der Waals surface area contributed by atoms with Gasteiger partial charge in [0.2, 0.25) is 6.23 Å². The first-order valence-electron chi connectivity index (χ1n) is 12.9. The largest absolute Gasteiger partial charge is 0.493 e. The summed E-state index contributed by atoms with van der Waals surface area (Å²) in [5.74, 6) is 2.51. The Balaban J connectivity index is 1.31. The molecular weight excluding hydrogens is 546 g/mol. The number of halogens is 1. The van der Waals surface area contributed by atoms with Gasteiger partial charge in [-0.3, -0.25) is 10.1 Å². The summed E-state index contributed by atoms with van der Waals surface area (Å²) in [6.07, 6.45) is -0.0110. The summed E-state index contributed by atoms with van der Waals surface area (Å²) in [4.78, 5) is 11.2. The summed E-state index contributed by atoms with van der Waals surface area (Å²) < 4.78 is 23.3.